The van der Waals surface area contributed by atoms with Gasteiger partial charge in [-0.3, -0.25) is 0 Å². The molecule has 3 heteroatoms. The molecule has 0 aromatic carbocycles. The molecule has 1 rings (SSSR count). The van der Waals surface area contributed by atoms with E-state index in [-0.39, 0.29) is 0 Å². The summed E-state index contributed by atoms with van der Waals surface area (Å²) in [6.07, 6.45) is 1.71. The lowest BCUT2D eigenvalue weighted by Crippen LogP contribution is -2.85. The van der Waals surface area contributed by atoms with E-state index in [0.29, 0.717) is 0 Å². The Morgan fingerprint density at radius 3 is 2.75 bits per heavy atom. The first-order chi connectivity index (χ1) is 3.93. The Kier molecular flexibility index (Phi) is 1.56. The highest BCUT2D eigenvalue weighted by molar-refractivity contribution is 5.14. The van der Waals surface area contributed by atoms with Crippen molar-refractivity contribution in [3.8, 4) is 0 Å². The predicted molar refractivity (Wildman–Crippen MR) is 30.0 cm³/mol. The lowest BCUT2D eigenvalue weighted by molar-refractivity contribution is -0.588. The minimum Gasteiger partial charge on any atom is -0.223 e. The summed E-state index contributed by atoms with van der Waals surface area (Å²) in [4.78, 5) is 3.92. The van der Waals surface area contributed by atoms with Crippen LogP contribution in [0.25, 0.3) is 0 Å². The topological polar surface area (TPSA) is 55.5 Å². The minimum absolute atomic E-state index is 0.813. The molecular weight excluding hydrogens is 102 g/mol. The highest BCUT2D eigenvalue weighted by Gasteiger charge is 1.86. The van der Waals surface area contributed by atoms with E-state index in [4.69, 9.17) is 5.84 Å². The van der Waals surface area contributed by atoms with Gasteiger partial charge in [0.1, 0.15) is 0 Å². The van der Waals surface area contributed by atoms with Gasteiger partial charge in [0.2, 0.25) is 5.82 Å². The van der Waals surface area contributed by atoms with Crippen LogP contribution in [0.15, 0.2) is 24.4 Å². The Bertz CT molecular complexity index is 149. The van der Waals surface area contributed by atoms with Gasteiger partial charge >= 0.3 is 0 Å². The first-order valence-electron chi connectivity index (χ1n) is 2.39. The maximum atomic E-state index is 5.16. The van der Waals surface area contributed by atoms with Crippen LogP contribution in [0.5, 0.6) is 0 Å². The van der Waals surface area contributed by atoms with Gasteiger partial charge in [0.15, 0.2) is 0 Å². The fraction of sp³-hybridized carbons (Fsp3) is 0. The molecule has 0 aliphatic heterocycles. The van der Waals surface area contributed by atoms with Crippen LogP contribution in [-0.4, -0.2) is 4.98 Å². The van der Waals surface area contributed by atoms with Crippen LogP contribution in [-0.2, 0) is 0 Å². The van der Waals surface area contributed by atoms with Crippen molar-refractivity contribution in [1.82, 2.24) is 4.98 Å². The number of nitrogens with two attached hydrogens (primary N) is 2. The van der Waals surface area contributed by atoms with E-state index >= 15 is 0 Å². The maximum absolute atomic E-state index is 5.16. The second kappa shape index (κ2) is 2.40. The number of aromatic nitrogens is 1. The van der Waals surface area contributed by atoms with E-state index in [0.717, 1.165) is 5.82 Å². The molecule has 1 aromatic heterocycles. The van der Waals surface area contributed by atoms with Crippen LogP contribution in [0.3, 0.4) is 0 Å². The Morgan fingerprint density at radius 1 is 1.50 bits per heavy atom. The number of hydrogen-bond acceptors (Lipinski definition) is 2. The zero-order valence-electron chi connectivity index (χ0n) is 4.41. The largest absolute Gasteiger partial charge is 0.243 e. The van der Waals surface area contributed by atoms with Gasteiger partial charge in [-0.25, -0.2) is 10.4 Å². The zero-order valence-corrected chi connectivity index (χ0v) is 4.41. The molecule has 1 heterocycles. The highest BCUT2D eigenvalue weighted by Crippen LogP contribution is 1.87. The van der Waals surface area contributed by atoms with Crippen LogP contribution < -0.4 is 11.3 Å². The fourth-order valence-corrected chi connectivity index (χ4v) is 0.475. The molecule has 42 valence electrons. The van der Waals surface area contributed by atoms with Crippen molar-refractivity contribution in [2.24, 2.45) is 5.84 Å². The molecule has 0 bridgehead atoms. The predicted octanol–water partition coefficient (Wildman–Crippen LogP) is -0.850. The summed E-state index contributed by atoms with van der Waals surface area (Å²) in [5, 5.41) is 0. The summed E-state index contributed by atoms with van der Waals surface area (Å²) >= 11 is 0. The van der Waals surface area contributed by atoms with E-state index < -0.39 is 0 Å². The van der Waals surface area contributed by atoms with Crippen LogP contribution in [0, 0.1) is 0 Å². The lowest BCUT2D eigenvalue weighted by Gasteiger charge is -1.86. The first-order valence-corrected chi connectivity index (χ1v) is 2.39. The van der Waals surface area contributed by atoms with Gasteiger partial charge in [0.25, 0.3) is 0 Å². The van der Waals surface area contributed by atoms with Gasteiger partial charge in [0.05, 0.1) is 0 Å². The van der Waals surface area contributed by atoms with E-state index in [2.05, 4.69) is 4.98 Å². The Labute approximate surface area is 47.5 Å². The smallest absolute Gasteiger partial charge is 0.223 e. The summed E-state index contributed by atoms with van der Waals surface area (Å²) in [6.45, 7) is 0. The van der Waals surface area contributed by atoms with Crippen LogP contribution in [0.1, 0.15) is 0 Å². The van der Waals surface area contributed by atoms with E-state index in [1.165, 1.54) is 5.43 Å². The van der Waals surface area contributed by atoms with E-state index in [1.54, 1.807) is 6.20 Å². The molecule has 0 spiro atoms. The Balaban J connectivity index is 2.83. The van der Waals surface area contributed by atoms with Gasteiger partial charge in [-0.2, -0.15) is 5.84 Å². The van der Waals surface area contributed by atoms with Gasteiger partial charge in [0, 0.05) is 12.3 Å². The molecule has 8 heavy (non-hydrogen) atoms. The Hall–Kier alpha value is -0.930. The molecule has 4 N–H and O–H groups in total. The van der Waals surface area contributed by atoms with Crippen LogP contribution in [0.2, 0.25) is 0 Å². The third kappa shape index (κ3) is 1.02. The summed E-state index contributed by atoms with van der Waals surface area (Å²) in [5.74, 6) is 5.97. The number of nitrogens with zero attached hydrogens (tertiary/aromatic N) is 1. The van der Waals surface area contributed by atoms with Crippen molar-refractivity contribution < 1.29 is 5.43 Å². The normalized spacial score (nSPS) is 9.12. The van der Waals surface area contributed by atoms with Crippen LogP contribution in [0.4, 0.5) is 5.82 Å². The van der Waals surface area contributed by atoms with Crippen molar-refractivity contribution in [1.29, 1.82) is 0 Å². The third-order valence-corrected chi connectivity index (χ3v) is 0.859. The van der Waals surface area contributed by atoms with Crippen molar-refractivity contribution in [3.63, 3.8) is 0 Å². The van der Waals surface area contributed by atoms with Gasteiger partial charge in [-0.15, -0.1) is 0 Å². The van der Waals surface area contributed by atoms with E-state index in [9.17, 15) is 0 Å². The second-order valence-corrected chi connectivity index (χ2v) is 1.42. The first kappa shape index (κ1) is 5.21. The minimum atomic E-state index is 0.813. The maximum Gasteiger partial charge on any atom is 0.243 e. The average molecular weight is 110 g/mol. The monoisotopic (exact) mass is 110 g/mol. The van der Waals surface area contributed by atoms with Crippen molar-refractivity contribution in [2.45, 2.75) is 0 Å². The third-order valence-electron chi connectivity index (χ3n) is 0.859. The molecule has 1 aromatic rings. The van der Waals surface area contributed by atoms with Crippen LogP contribution >= 0.6 is 0 Å². The van der Waals surface area contributed by atoms with Crippen molar-refractivity contribution in [2.75, 3.05) is 0 Å². The van der Waals surface area contributed by atoms with Gasteiger partial charge in [-0.05, 0) is 6.07 Å². The number of pyridine rings is 1. The zero-order chi connectivity index (χ0) is 5.82. The second-order valence-electron chi connectivity index (χ2n) is 1.42. The fourth-order valence-electron chi connectivity index (χ4n) is 0.475. The van der Waals surface area contributed by atoms with Crippen molar-refractivity contribution >= 4 is 5.82 Å². The van der Waals surface area contributed by atoms with E-state index in [1.807, 2.05) is 18.2 Å². The molecule has 0 radical (unpaired) electrons. The van der Waals surface area contributed by atoms with Crippen molar-refractivity contribution in [3.05, 3.63) is 24.4 Å². The molecule has 0 amide bonds. The molecule has 0 fully saturated rings. The van der Waals surface area contributed by atoms with Gasteiger partial charge < -0.3 is 0 Å². The summed E-state index contributed by atoms with van der Waals surface area (Å²) in [5.41, 5.74) is 1.47. The number of quaternary nitrogens is 1. The summed E-state index contributed by atoms with van der Waals surface area (Å²) in [7, 11) is 0. The molecule has 0 atom stereocenters. The molecule has 0 aliphatic rings. The molecular formula is C5H8N3+. The molecule has 0 saturated carbocycles. The quantitative estimate of drug-likeness (QED) is 0.365. The molecule has 3 nitrogen and oxygen atoms in total. The molecule has 0 aliphatic carbocycles. The SMILES string of the molecule is N[NH2+]c1ccccn1. The molecule has 0 unspecified atom stereocenters. The summed E-state index contributed by atoms with van der Waals surface area (Å²) < 4.78 is 0. The standard InChI is InChI=1S/C5H7N3/c6-8-5-3-1-2-4-7-5/h1-4H,6H2,(H,7,8)/p+1. The molecule has 0 saturated heterocycles. The number of rotatable bonds is 1. The lowest BCUT2D eigenvalue weighted by atomic mass is 10.5. The summed E-state index contributed by atoms with van der Waals surface area (Å²) in [6, 6.07) is 5.60. The number of hydrogen-bond donors (Lipinski definition) is 2. The average Bonchev–Trinajstić information content (AvgIpc) is 1.90. The Morgan fingerprint density at radius 2 is 2.38 bits per heavy atom. The highest BCUT2D eigenvalue weighted by atomic mass is 15.2. The van der Waals surface area contributed by atoms with Gasteiger partial charge in [-0.1, -0.05) is 6.07 Å².